The molecular formula is C23H27F2N7O3. The Hall–Kier alpha value is -3.12. The lowest BCUT2D eigenvalue weighted by molar-refractivity contribution is 0.0988. The van der Waals surface area contributed by atoms with Crippen LogP contribution in [0.25, 0.3) is 5.65 Å². The molecule has 0 unspecified atom stereocenters. The minimum atomic E-state index is -2.83. The minimum Gasteiger partial charge on any atom is -0.396 e. The molecule has 1 amide bonds. The molecule has 3 fully saturated rings. The Kier molecular flexibility index (Phi) is 5.64. The predicted molar refractivity (Wildman–Crippen MR) is 122 cm³/mol. The summed E-state index contributed by atoms with van der Waals surface area (Å²) in [4.78, 5) is 20.0. The van der Waals surface area contributed by atoms with Gasteiger partial charge in [-0.2, -0.15) is 10.2 Å². The summed E-state index contributed by atoms with van der Waals surface area (Å²) < 4.78 is 36.2. The van der Waals surface area contributed by atoms with Gasteiger partial charge in [-0.3, -0.25) is 9.48 Å². The van der Waals surface area contributed by atoms with Crippen molar-refractivity contribution in [1.82, 2.24) is 24.4 Å². The molecule has 1 aliphatic carbocycles. The van der Waals surface area contributed by atoms with E-state index in [0.717, 1.165) is 44.5 Å². The number of nitrogens with zero attached hydrogens (tertiary/aromatic N) is 6. The molecule has 0 aromatic carbocycles. The number of hydrogen-bond donors (Lipinski definition) is 2. The van der Waals surface area contributed by atoms with Gasteiger partial charge in [-0.25, -0.2) is 18.3 Å². The SMILES string of the molecule is O=C(Nc1cn(C2CCC(CO)CC2)nc1C(F)F)c1cnn2ccc(N3C[C@H]4C[C@@H]3CO4)nc12. The van der Waals surface area contributed by atoms with Crippen LogP contribution >= 0.6 is 0 Å². The molecule has 3 aromatic rings. The van der Waals surface area contributed by atoms with Gasteiger partial charge in [0.15, 0.2) is 11.3 Å². The number of halogens is 2. The molecule has 0 spiro atoms. The Labute approximate surface area is 199 Å². The van der Waals surface area contributed by atoms with E-state index in [4.69, 9.17) is 4.74 Å². The van der Waals surface area contributed by atoms with Crippen molar-refractivity contribution in [2.75, 3.05) is 30.0 Å². The second-order valence-corrected chi connectivity index (χ2v) is 9.63. The van der Waals surface area contributed by atoms with Gasteiger partial charge in [0.25, 0.3) is 12.3 Å². The van der Waals surface area contributed by atoms with E-state index in [2.05, 4.69) is 25.4 Å². The third-order valence-corrected chi connectivity index (χ3v) is 7.46. The van der Waals surface area contributed by atoms with E-state index in [0.29, 0.717) is 12.3 Å². The Morgan fingerprint density at radius 2 is 2.09 bits per heavy atom. The molecule has 186 valence electrons. The molecule has 2 saturated heterocycles. The van der Waals surface area contributed by atoms with Gasteiger partial charge in [0, 0.05) is 25.5 Å². The first kappa shape index (κ1) is 22.4. The molecule has 2 aliphatic heterocycles. The van der Waals surface area contributed by atoms with Crippen molar-refractivity contribution in [3.63, 3.8) is 0 Å². The smallest absolute Gasteiger partial charge is 0.284 e. The van der Waals surface area contributed by atoms with Gasteiger partial charge in [-0.1, -0.05) is 0 Å². The van der Waals surface area contributed by atoms with E-state index >= 15 is 0 Å². The van der Waals surface area contributed by atoms with Crippen molar-refractivity contribution in [3.8, 4) is 0 Å². The van der Waals surface area contributed by atoms with Crippen LogP contribution < -0.4 is 10.2 Å². The topological polar surface area (TPSA) is 110 Å². The molecule has 5 heterocycles. The van der Waals surface area contributed by atoms with Crippen LogP contribution in [0.1, 0.15) is 60.6 Å². The Balaban J connectivity index is 1.24. The summed E-state index contributed by atoms with van der Waals surface area (Å²) in [5, 5.41) is 20.3. The van der Waals surface area contributed by atoms with Crippen LogP contribution in [-0.4, -0.2) is 67.3 Å². The van der Waals surface area contributed by atoms with Crippen molar-refractivity contribution in [1.29, 1.82) is 0 Å². The molecule has 3 aromatic heterocycles. The summed E-state index contributed by atoms with van der Waals surface area (Å²) in [5.41, 5.74) is 0.0838. The molecular weight excluding hydrogens is 460 g/mol. The van der Waals surface area contributed by atoms with Gasteiger partial charge in [0.1, 0.15) is 11.4 Å². The minimum absolute atomic E-state index is 0.0150. The first-order valence-electron chi connectivity index (χ1n) is 12.0. The summed E-state index contributed by atoms with van der Waals surface area (Å²) in [5.74, 6) is 0.413. The predicted octanol–water partition coefficient (Wildman–Crippen LogP) is 2.82. The molecule has 35 heavy (non-hydrogen) atoms. The van der Waals surface area contributed by atoms with Crippen LogP contribution in [0.5, 0.6) is 0 Å². The number of fused-ring (bicyclic) bond motifs is 3. The number of anilines is 2. The molecule has 2 N–H and O–H groups in total. The molecule has 12 heteroatoms. The van der Waals surface area contributed by atoms with E-state index in [1.54, 1.807) is 6.20 Å². The lowest BCUT2D eigenvalue weighted by Crippen LogP contribution is -2.37. The molecule has 2 atom stereocenters. The summed E-state index contributed by atoms with van der Waals surface area (Å²) >= 11 is 0. The standard InChI is InChI=1S/C23H27F2N7O3/c24-21(25)20-18(10-32(29-20)14-3-1-13(11-33)2-4-14)27-23(34)17-8-26-31-6-5-19(28-22(17)31)30-9-16-7-15(30)12-35-16/h5-6,8,10,13-16,21,33H,1-4,7,9,11-12H2,(H,27,34)/t13?,14?,15-,16-/m1/s1. The van der Waals surface area contributed by atoms with Crippen LogP contribution in [0, 0.1) is 5.92 Å². The Morgan fingerprint density at radius 3 is 2.77 bits per heavy atom. The van der Waals surface area contributed by atoms with Gasteiger partial charge in [-0.05, 0) is 44.1 Å². The van der Waals surface area contributed by atoms with E-state index in [1.165, 1.54) is 21.6 Å². The normalized spacial score (nSPS) is 26.2. The van der Waals surface area contributed by atoms with Gasteiger partial charge in [-0.15, -0.1) is 0 Å². The summed E-state index contributed by atoms with van der Waals surface area (Å²) in [6.45, 7) is 1.55. The second-order valence-electron chi connectivity index (χ2n) is 9.63. The Morgan fingerprint density at radius 1 is 1.26 bits per heavy atom. The fourth-order valence-electron chi connectivity index (χ4n) is 5.49. The highest BCUT2D eigenvalue weighted by molar-refractivity contribution is 6.08. The number of morpholine rings is 1. The van der Waals surface area contributed by atoms with Crippen molar-refractivity contribution in [3.05, 3.63) is 35.9 Å². The molecule has 3 aliphatic rings. The molecule has 2 bridgehead atoms. The highest BCUT2D eigenvalue weighted by atomic mass is 19.3. The number of nitrogens with one attached hydrogen (secondary N) is 1. The van der Waals surface area contributed by atoms with Crippen LogP contribution in [0.3, 0.4) is 0 Å². The first-order chi connectivity index (χ1) is 17.0. The molecule has 0 radical (unpaired) electrons. The third kappa shape index (κ3) is 4.04. The number of ether oxygens (including phenoxy) is 1. The van der Waals surface area contributed by atoms with E-state index in [1.807, 2.05) is 6.07 Å². The van der Waals surface area contributed by atoms with Crippen molar-refractivity contribution >= 4 is 23.1 Å². The highest BCUT2D eigenvalue weighted by Crippen LogP contribution is 2.35. The van der Waals surface area contributed by atoms with Gasteiger partial charge < -0.3 is 20.1 Å². The number of carbonyl (C=O) groups is 1. The average molecular weight is 488 g/mol. The molecule has 10 nitrogen and oxygen atoms in total. The maximum Gasteiger partial charge on any atom is 0.284 e. The highest BCUT2D eigenvalue weighted by Gasteiger charge is 2.39. The zero-order chi connectivity index (χ0) is 24.1. The van der Waals surface area contributed by atoms with Gasteiger partial charge in [0.05, 0.1) is 36.7 Å². The van der Waals surface area contributed by atoms with Crippen molar-refractivity contribution in [2.24, 2.45) is 5.92 Å². The fraction of sp³-hybridized carbons (Fsp3) is 0.565. The lowest BCUT2D eigenvalue weighted by atomic mass is 9.87. The summed E-state index contributed by atoms with van der Waals surface area (Å²) in [7, 11) is 0. The van der Waals surface area contributed by atoms with Crippen molar-refractivity contribution in [2.45, 2.75) is 56.7 Å². The van der Waals surface area contributed by atoms with Crippen LogP contribution in [-0.2, 0) is 4.74 Å². The monoisotopic (exact) mass is 487 g/mol. The van der Waals surface area contributed by atoms with Gasteiger partial charge >= 0.3 is 0 Å². The van der Waals surface area contributed by atoms with Gasteiger partial charge in [0.2, 0.25) is 0 Å². The summed E-state index contributed by atoms with van der Waals surface area (Å²) in [6, 6.07) is 2.08. The largest absolute Gasteiger partial charge is 0.396 e. The number of amides is 1. The number of rotatable bonds is 6. The van der Waals surface area contributed by atoms with Crippen LogP contribution in [0.4, 0.5) is 20.3 Å². The fourth-order valence-corrected chi connectivity index (χ4v) is 5.49. The third-order valence-electron chi connectivity index (χ3n) is 7.46. The lowest BCUT2D eigenvalue weighted by Gasteiger charge is -2.27. The quantitative estimate of drug-likeness (QED) is 0.550. The summed E-state index contributed by atoms with van der Waals surface area (Å²) in [6.07, 6.45) is 6.06. The number of alkyl halides is 2. The average Bonchev–Trinajstić information content (AvgIpc) is 3.66. The first-order valence-corrected chi connectivity index (χ1v) is 12.0. The Bertz CT molecular complexity index is 1240. The number of hydrogen-bond acceptors (Lipinski definition) is 7. The van der Waals surface area contributed by atoms with E-state index < -0.39 is 18.0 Å². The maximum atomic E-state index is 13.8. The molecule has 6 rings (SSSR count). The number of aliphatic hydroxyl groups excluding tert-OH is 1. The van der Waals surface area contributed by atoms with E-state index in [-0.39, 0.29) is 42.0 Å². The van der Waals surface area contributed by atoms with Crippen LogP contribution in [0.15, 0.2) is 24.7 Å². The second kappa shape index (κ2) is 8.83. The number of aromatic nitrogens is 5. The molecule has 1 saturated carbocycles. The zero-order valence-corrected chi connectivity index (χ0v) is 19.1. The van der Waals surface area contributed by atoms with Crippen LogP contribution in [0.2, 0.25) is 0 Å². The number of carbonyl (C=O) groups excluding carboxylic acids is 1. The number of aliphatic hydroxyl groups is 1. The zero-order valence-electron chi connectivity index (χ0n) is 19.1. The maximum absolute atomic E-state index is 13.8. The van der Waals surface area contributed by atoms with Crippen molar-refractivity contribution < 1.29 is 23.4 Å². The van der Waals surface area contributed by atoms with E-state index in [9.17, 15) is 18.7 Å².